The lowest BCUT2D eigenvalue weighted by Gasteiger charge is -2.12. The van der Waals surface area contributed by atoms with Crippen LogP contribution in [0.15, 0.2) is 12.2 Å². The number of ether oxygens (including phenoxy) is 3. The standard InChI is InChI=1S/C10H18O4/c1-5-9(14-8(2)11)6-7-10(12-3)13-4/h6-7,9-10H,5H2,1-4H3/b7-6+/t9-/m1/s1. The maximum atomic E-state index is 10.7. The molecular weight excluding hydrogens is 184 g/mol. The molecule has 0 aromatic rings. The van der Waals surface area contributed by atoms with E-state index >= 15 is 0 Å². The number of rotatable bonds is 6. The van der Waals surface area contributed by atoms with Crippen LogP contribution in [0.2, 0.25) is 0 Å². The van der Waals surface area contributed by atoms with E-state index in [0.29, 0.717) is 0 Å². The predicted molar refractivity (Wildman–Crippen MR) is 52.8 cm³/mol. The van der Waals surface area contributed by atoms with Gasteiger partial charge in [0.1, 0.15) is 6.10 Å². The Balaban J connectivity index is 4.07. The van der Waals surface area contributed by atoms with Gasteiger partial charge in [0, 0.05) is 21.1 Å². The molecule has 4 nitrogen and oxygen atoms in total. The first-order valence-corrected chi connectivity index (χ1v) is 4.55. The maximum absolute atomic E-state index is 10.7. The van der Waals surface area contributed by atoms with Gasteiger partial charge in [0.05, 0.1) is 0 Å². The molecule has 0 aromatic carbocycles. The Hall–Kier alpha value is -0.870. The SMILES string of the molecule is CC[C@H](/C=C/C(OC)OC)OC(C)=O. The van der Waals surface area contributed by atoms with E-state index in [1.807, 2.05) is 6.92 Å². The molecule has 0 spiro atoms. The van der Waals surface area contributed by atoms with Crippen LogP contribution in [0.25, 0.3) is 0 Å². The second-order valence-corrected chi connectivity index (χ2v) is 2.78. The van der Waals surface area contributed by atoms with Crippen LogP contribution in [-0.2, 0) is 19.0 Å². The Labute approximate surface area is 84.8 Å². The van der Waals surface area contributed by atoms with Crippen LogP contribution in [0.3, 0.4) is 0 Å². The topological polar surface area (TPSA) is 44.8 Å². The molecule has 0 aliphatic heterocycles. The minimum absolute atomic E-state index is 0.208. The molecular formula is C10H18O4. The first kappa shape index (κ1) is 13.1. The zero-order valence-corrected chi connectivity index (χ0v) is 9.15. The molecule has 0 unspecified atom stereocenters. The summed E-state index contributed by atoms with van der Waals surface area (Å²) >= 11 is 0. The normalized spacial score (nSPS) is 13.5. The average Bonchev–Trinajstić information content (AvgIpc) is 2.17. The molecule has 0 N–H and O–H groups in total. The second kappa shape index (κ2) is 7.53. The summed E-state index contributed by atoms with van der Waals surface area (Å²) in [7, 11) is 3.09. The van der Waals surface area contributed by atoms with Crippen LogP contribution < -0.4 is 0 Å². The van der Waals surface area contributed by atoms with Crippen molar-refractivity contribution in [3.05, 3.63) is 12.2 Å². The molecule has 4 heteroatoms. The first-order valence-electron chi connectivity index (χ1n) is 4.55. The van der Waals surface area contributed by atoms with Crippen molar-refractivity contribution < 1.29 is 19.0 Å². The van der Waals surface area contributed by atoms with Gasteiger partial charge in [0.15, 0.2) is 6.29 Å². The third-order valence-corrected chi connectivity index (χ3v) is 1.67. The summed E-state index contributed by atoms with van der Waals surface area (Å²) in [5, 5.41) is 0. The Kier molecular flexibility index (Phi) is 7.06. The van der Waals surface area contributed by atoms with Gasteiger partial charge in [-0.05, 0) is 18.6 Å². The average molecular weight is 202 g/mol. The molecule has 0 aliphatic carbocycles. The van der Waals surface area contributed by atoms with Crippen molar-refractivity contribution in [3.63, 3.8) is 0 Å². The highest BCUT2D eigenvalue weighted by molar-refractivity contribution is 5.66. The predicted octanol–water partition coefficient (Wildman–Crippen LogP) is 1.50. The molecule has 0 aliphatic rings. The van der Waals surface area contributed by atoms with Crippen LogP contribution in [0.1, 0.15) is 20.3 Å². The van der Waals surface area contributed by atoms with Crippen molar-refractivity contribution in [3.8, 4) is 0 Å². The van der Waals surface area contributed by atoms with Crippen molar-refractivity contribution in [2.45, 2.75) is 32.7 Å². The Morgan fingerprint density at radius 1 is 1.29 bits per heavy atom. The molecule has 14 heavy (non-hydrogen) atoms. The number of esters is 1. The van der Waals surface area contributed by atoms with Crippen molar-refractivity contribution in [2.24, 2.45) is 0 Å². The number of carbonyl (C=O) groups excluding carboxylic acids is 1. The molecule has 1 atom stereocenters. The maximum Gasteiger partial charge on any atom is 0.303 e. The molecule has 0 rings (SSSR count). The van der Waals surface area contributed by atoms with E-state index in [9.17, 15) is 4.79 Å². The van der Waals surface area contributed by atoms with E-state index in [1.54, 1.807) is 26.4 Å². The molecule has 0 radical (unpaired) electrons. The Bertz CT molecular complexity index is 185. The fourth-order valence-corrected chi connectivity index (χ4v) is 0.940. The molecule has 0 aromatic heterocycles. The molecule has 0 saturated heterocycles. The summed E-state index contributed by atoms with van der Waals surface area (Å²) in [6, 6.07) is 0. The second-order valence-electron chi connectivity index (χ2n) is 2.78. The van der Waals surface area contributed by atoms with Crippen LogP contribution >= 0.6 is 0 Å². The summed E-state index contributed by atoms with van der Waals surface area (Å²) in [4.78, 5) is 10.7. The number of hydrogen-bond donors (Lipinski definition) is 0. The minimum Gasteiger partial charge on any atom is -0.458 e. The van der Waals surface area contributed by atoms with E-state index in [2.05, 4.69) is 0 Å². The van der Waals surface area contributed by atoms with Gasteiger partial charge in [-0.2, -0.15) is 0 Å². The highest BCUT2D eigenvalue weighted by atomic mass is 16.7. The number of carbonyl (C=O) groups is 1. The lowest BCUT2D eigenvalue weighted by molar-refractivity contribution is -0.144. The quantitative estimate of drug-likeness (QED) is 0.372. The lowest BCUT2D eigenvalue weighted by atomic mass is 10.2. The van der Waals surface area contributed by atoms with Crippen molar-refractivity contribution in [2.75, 3.05) is 14.2 Å². The van der Waals surface area contributed by atoms with Gasteiger partial charge in [0.2, 0.25) is 0 Å². The monoisotopic (exact) mass is 202 g/mol. The van der Waals surface area contributed by atoms with Crippen molar-refractivity contribution in [1.82, 2.24) is 0 Å². The van der Waals surface area contributed by atoms with E-state index < -0.39 is 0 Å². The molecule has 0 amide bonds. The molecule has 82 valence electrons. The smallest absolute Gasteiger partial charge is 0.303 e. The van der Waals surface area contributed by atoms with E-state index in [1.165, 1.54) is 6.92 Å². The van der Waals surface area contributed by atoms with Gasteiger partial charge in [-0.3, -0.25) is 4.79 Å². The van der Waals surface area contributed by atoms with Gasteiger partial charge < -0.3 is 14.2 Å². The number of methoxy groups -OCH3 is 2. The van der Waals surface area contributed by atoms with Crippen LogP contribution in [-0.4, -0.2) is 32.6 Å². The Morgan fingerprint density at radius 2 is 1.86 bits per heavy atom. The van der Waals surface area contributed by atoms with E-state index in [0.717, 1.165) is 6.42 Å². The highest BCUT2D eigenvalue weighted by Crippen LogP contribution is 2.03. The van der Waals surface area contributed by atoms with Crippen molar-refractivity contribution in [1.29, 1.82) is 0 Å². The van der Waals surface area contributed by atoms with Crippen LogP contribution in [0.4, 0.5) is 0 Å². The molecule has 0 heterocycles. The fourth-order valence-electron chi connectivity index (χ4n) is 0.940. The third-order valence-electron chi connectivity index (χ3n) is 1.67. The molecule has 0 bridgehead atoms. The zero-order valence-electron chi connectivity index (χ0n) is 9.15. The van der Waals surface area contributed by atoms with Gasteiger partial charge >= 0.3 is 5.97 Å². The number of hydrogen-bond acceptors (Lipinski definition) is 4. The zero-order chi connectivity index (χ0) is 11.0. The summed E-state index contributed by atoms with van der Waals surface area (Å²) in [6.45, 7) is 3.33. The summed E-state index contributed by atoms with van der Waals surface area (Å²) < 4.78 is 14.9. The highest BCUT2D eigenvalue weighted by Gasteiger charge is 2.06. The molecule has 0 fully saturated rings. The largest absolute Gasteiger partial charge is 0.458 e. The van der Waals surface area contributed by atoms with Gasteiger partial charge in [-0.1, -0.05) is 6.92 Å². The van der Waals surface area contributed by atoms with Gasteiger partial charge in [0.25, 0.3) is 0 Å². The minimum atomic E-state index is -0.389. The third kappa shape index (κ3) is 5.72. The van der Waals surface area contributed by atoms with E-state index in [4.69, 9.17) is 14.2 Å². The molecule has 0 saturated carbocycles. The first-order chi connectivity index (χ1) is 6.63. The Morgan fingerprint density at radius 3 is 2.21 bits per heavy atom. The summed E-state index contributed by atoms with van der Waals surface area (Å²) in [5.74, 6) is -0.284. The van der Waals surface area contributed by atoms with Crippen LogP contribution in [0, 0.1) is 0 Å². The summed E-state index contributed by atoms with van der Waals surface area (Å²) in [6.07, 6.45) is 3.62. The fraction of sp³-hybridized carbons (Fsp3) is 0.700. The van der Waals surface area contributed by atoms with Crippen LogP contribution in [0.5, 0.6) is 0 Å². The summed E-state index contributed by atoms with van der Waals surface area (Å²) in [5.41, 5.74) is 0. The van der Waals surface area contributed by atoms with Gasteiger partial charge in [-0.15, -0.1) is 0 Å². The van der Waals surface area contributed by atoms with Crippen molar-refractivity contribution >= 4 is 5.97 Å². The van der Waals surface area contributed by atoms with Gasteiger partial charge in [-0.25, -0.2) is 0 Å². The van der Waals surface area contributed by atoms with E-state index in [-0.39, 0.29) is 18.4 Å². The lowest BCUT2D eigenvalue weighted by Crippen LogP contribution is -2.15.